The molecule has 2 aromatic carbocycles. The molecule has 26 heavy (non-hydrogen) atoms. The van der Waals surface area contributed by atoms with Gasteiger partial charge in [-0.2, -0.15) is 0 Å². The van der Waals surface area contributed by atoms with Crippen molar-refractivity contribution in [1.82, 2.24) is 4.98 Å². The minimum Gasteiger partial charge on any atom is -0.359 e. The van der Waals surface area contributed by atoms with Crippen molar-refractivity contribution in [3.63, 3.8) is 0 Å². The Morgan fingerprint density at radius 2 is 1.73 bits per heavy atom. The number of benzene rings is 2. The second kappa shape index (κ2) is 6.68. The minimum atomic E-state index is -0.0417. The number of carbonyl (C=O) groups is 1. The summed E-state index contributed by atoms with van der Waals surface area (Å²) in [5.74, 6) is -0.0417. The summed E-state index contributed by atoms with van der Waals surface area (Å²) in [6, 6.07) is 18.6. The molecule has 0 spiro atoms. The summed E-state index contributed by atoms with van der Waals surface area (Å²) in [7, 11) is 0. The highest BCUT2D eigenvalue weighted by atomic mass is 16.2. The van der Waals surface area contributed by atoms with Gasteiger partial charge in [0.25, 0.3) is 5.91 Å². The van der Waals surface area contributed by atoms with Gasteiger partial charge in [-0.1, -0.05) is 56.3 Å². The molecule has 4 rings (SSSR count). The van der Waals surface area contributed by atoms with E-state index in [1.807, 2.05) is 30.3 Å². The van der Waals surface area contributed by atoms with E-state index in [1.54, 1.807) is 0 Å². The van der Waals surface area contributed by atoms with Crippen LogP contribution in [0.2, 0.25) is 0 Å². The van der Waals surface area contributed by atoms with E-state index in [2.05, 4.69) is 54.5 Å². The maximum Gasteiger partial charge on any atom is 0.256 e. The van der Waals surface area contributed by atoms with Gasteiger partial charge >= 0.3 is 0 Å². The Morgan fingerprint density at radius 3 is 2.46 bits per heavy atom. The number of hydrogen-bond donors (Lipinski definition) is 2. The maximum atomic E-state index is 12.6. The second-order valence-electron chi connectivity index (χ2n) is 6.58. The lowest BCUT2D eigenvalue weighted by atomic mass is 9.99. The molecule has 2 heterocycles. The van der Waals surface area contributed by atoms with Gasteiger partial charge in [-0.3, -0.25) is 4.79 Å². The van der Waals surface area contributed by atoms with Crippen molar-refractivity contribution in [2.75, 3.05) is 5.32 Å². The lowest BCUT2D eigenvalue weighted by Crippen LogP contribution is -2.03. The lowest BCUT2D eigenvalue weighted by Gasteiger charge is -2.05. The number of anilines is 1. The van der Waals surface area contributed by atoms with Crippen molar-refractivity contribution in [1.29, 1.82) is 0 Å². The van der Waals surface area contributed by atoms with Gasteiger partial charge in [0.15, 0.2) is 0 Å². The van der Waals surface area contributed by atoms with Crippen LogP contribution < -0.4 is 5.32 Å². The first-order valence-corrected chi connectivity index (χ1v) is 9.13. The number of hydrogen-bond acceptors (Lipinski definition) is 1. The Labute approximate surface area is 153 Å². The zero-order chi connectivity index (χ0) is 18.1. The molecule has 0 saturated heterocycles. The van der Waals surface area contributed by atoms with Crippen LogP contribution in [0.1, 0.15) is 36.4 Å². The Bertz CT molecular complexity index is 996. The molecule has 1 aromatic heterocycles. The van der Waals surface area contributed by atoms with Gasteiger partial charge < -0.3 is 10.3 Å². The van der Waals surface area contributed by atoms with Crippen molar-refractivity contribution in [2.45, 2.75) is 26.7 Å². The van der Waals surface area contributed by atoms with Gasteiger partial charge in [-0.25, -0.2) is 0 Å². The molecular formula is C23H22N2O. The highest BCUT2D eigenvalue weighted by Crippen LogP contribution is 2.36. The van der Waals surface area contributed by atoms with Crippen LogP contribution >= 0.6 is 0 Å². The number of aromatic nitrogens is 1. The van der Waals surface area contributed by atoms with Gasteiger partial charge in [0, 0.05) is 22.6 Å². The zero-order valence-electron chi connectivity index (χ0n) is 15.1. The van der Waals surface area contributed by atoms with Crippen molar-refractivity contribution >= 4 is 23.2 Å². The normalized spacial score (nSPS) is 14.5. The SMILES string of the molecule is CCc1cc(CC)c(C=C2C(=O)Nc3cc(-c4ccccc4)ccc32)[nH]1. The number of carbonyl (C=O) groups excluding carboxylic acids is 1. The molecule has 1 aliphatic rings. The molecular weight excluding hydrogens is 320 g/mol. The molecule has 0 aliphatic carbocycles. The molecule has 0 bridgehead atoms. The molecule has 3 aromatic rings. The highest BCUT2D eigenvalue weighted by Gasteiger charge is 2.25. The van der Waals surface area contributed by atoms with Crippen LogP contribution in [0.4, 0.5) is 5.69 Å². The molecule has 0 radical (unpaired) electrons. The number of aryl methyl sites for hydroxylation is 2. The fraction of sp³-hybridized carbons (Fsp3) is 0.174. The minimum absolute atomic E-state index is 0.0417. The zero-order valence-corrected chi connectivity index (χ0v) is 15.1. The van der Waals surface area contributed by atoms with E-state index < -0.39 is 0 Å². The van der Waals surface area contributed by atoms with E-state index in [1.165, 1.54) is 11.3 Å². The number of amides is 1. The molecule has 130 valence electrons. The third-order valence-electron chi connectivity index (χ3n) is 4.95. The summed E-state index contributed by atoms with van der Waals surface area (Å²) in [5, 5.41) is 3.02. The van der Waals surface area contributed by atoms with Gasteiger partial charge in [0.2, 0.25) is 0 Å². The van der Waals surface area contributed by atoms with Crippen molar-refractivity contribution in [3.05, 3.63) is 77.1 Å². The largest absolute Gasteiger partial charge is 0.359 e. The van der Waals surface area contributed by atoms with E-state index in [4.69, 9.17) is 0 Å². The average molecular weight is 342 g/mol. The molecule has 1 aliphatic heterocycles. The monoisotopic (exact) mass is 342 g/mol. The van der Waals surface area contributed by atoms with Crippen molar-refractivity contribution in [3.8, 4) is 11.1 Å². The fourth-order valence-corrected chi connectivity index (χ4v) is 3.48. The summed E-state index contributed by atoms with van der Waals surface area (Å²) < 4.78 is 0. The first-order valence-electron chi connectivity index (χ1n) is 9.13. The van der Waals surface area contributed by atoms with E-state index >= 15 is 0 Å². The number of fused-ring (bicyclic) bond motifs is 1. The van der Waals surface area contributed by atoms with Gasteiger partial charge in [0.05, 0.1) is 5.57 Å². The van der Waals surface area contributed by atoms with Crippen molar-refractivity contribution < 1.29 is 4.79 Å². The Morgan fingerprint density at radius 1 is 0.923 bits per heavy atom. The Kier molecular flexibility index (Phi) is 4.21. The molecule has 3 heteroatoms. The predicted molar refractivity (Wildman–Crippen MR) is 108 cm³/mol. The smallest absolute Gasteiger partial charge is 0.256 e. The number of rotatable bonds is 4. The molecule has 1 amide bonds. The summed E-state index contributed by atoms with van der Waals surface area (Å²) in [4.78, 5) is 16.0. The topological polar surface area (TPSA) is 44.9 Å². The molecule has 0 unspecified atom stereocenters. The van der Waals surface area contributed by atoms with E-state index in [9.17, 15) is 4.79 Å². The number of aromatic amines is 1. The summed E-state index contributed by atoms with van der Waals surface area (Å²) in [5.41, 5.74) is 8.30. The van der Waals surface area contributed by atoms with E-state index in [0.717, 1.165) is 46.5 Å². The standard InChI is InChI=1S/C23H22N2O/c1-3-15-12-18(4-2)24-21(15)14-20-19-11-10-17(13-22(19)25-23(20)26)16-8-6-5-7-9-16/h5-14,24H,3-4H2,1-2H3,(H,25,26). The molecule has 0 atom stereocenters. The van der Waals surface area contributed by atoms with Crippen LogP contribution in [0.3, 0.4) is 0 Å². The summed E-state index contributed by atoms with van der Waals surface area (Å²) in [6.07, 6.45) is 3.89. The Balaban J connectivity index is 1.75. The third-order valence-corrected chi connectivity index (χ3v) is 4.95. The van der Waals surface area contributed by atoms with Crippen LogP contribution in [0.25, 0.3) is 22.8 Å². The van der Waals surface area contributed by atoms with E-state index in [-0.39, 0.29) is 5.91 Å². The quantitative estimate of drug-likeness (QED) is 0.621. The first-order chi connectivity index (χ1) is 12.7. The Hall–Kier alpha value is -3.07. The third kappa shape index (κ3) is 2.86. The summed E-state index contributed by atoms with van der Waals surface area (Å²) >= 11 is 0. The number of H-pyrrole nitrogens is 1. The van der Waals surface area contributed by atoms with Crippen LogP contribution in [0.15, 0.2) is 54.6 Å². The summed E-state index contributed by atoms with van der Waals surface area (Å²) in [6.45, 7) is 4.27. The first kappa shape index (κ1) is 16.4. The molecule has 0 fully saturated rings. The molecule has 2 N–H and O–H groups in total. The maximum absolute atomic E-state index is 12.6. The molecule has 0 saturated carbocycles. The average Bonchev–Trinajstić information content (AvgIpc) is 3.22. The fourth-order valence-electron chi connectivity index (χ4n) is 3.48. The van der Waals surface area contributed by atoms with Gasteiger partial charge in [0.1, 0.15) is 0 Å². The van der Waals surface area contributed by atoms with E-state index in [0.29, 0.717) is 0 Å². The van der Waals surface area contributed by atoms with Crippen LogP contribution in [-0.2, 0) is 17.6 Å². The predicted octanol–water partition coefficient (Wildman–Crippen LogP) is 5.30. The van der Waals surface area contributed by atoms with Crippen LogP contribution in [-0.4, -0.2) is 10.9 Å². The lowest BCUT2D eigenvalue weighted by molar-refractivity contribution is -0.110. The highest BCUT2D eigenvalue weighted by molar-refractivity contribution is 6.35. The van der Waals surface area contributed by atoms with Crippen LogP contribution in [0, 0.1) is 0 Å². The van der Waals surface area contributed by atoms with Gasteiger partial charge in [-0.05, 0) is 47.7 Å². The molecule has 3 nitrogen and oxygen atoms in total. The number of nitrogens with one attached hydrogen (secondary N) is 2. The second-order valence-corrected chi connectivity index (χ2v) is 6.58. The van der Waals surface area contributed by atoms with Crippen LogP contribution in [0.5, 0.6) is 0 Å². The van der Waals surface area contributed by atoms with Gasteiger partial charge in [-0.15, -0.1) is 0 Å². The van der Waals surface area contributed by atoms with Crippen molar-refractivity contribution in [2.24, 2.45) is 0 Å².